The van der Waals surface area contributed by atoms with Gasteiger partial charge >= 0.3 is 5.97 Å². The van der Waals surface area contributed by atoms with E-state index in [1.807, 2.05) is 0 Å². The minimum absolute atomic E-state index is 0.0289. The third-order valence-electron chi connectivity index (χ3n) is 2.92. The number of Topliss-reactive ketones (excluding diaryl/α,β-unsaturated/α-hetero) is 1. The third kappa shape index (κ3) is 3.28. The van der Waals surface area contributed by atoms with Crippen molar-refractivity contribution < 1.29 is 27.8 Å². The van der Waals surface area contributed by atoms with Gasteiger partial charge < -0.3 is 9.47 Å². The van der Waals surface area contributed by atoms with Crippen molar-refractivity contribution in [2.24, 2.45) is 0 Å². The van der Waals surface area contributed by atoms with Gasteiger partial charge in [-0.15, -0.1) is 0 Å². The van der Waals surface area contributed by atoms with Crippen molar-refractivity contribution in [2.45, 2.75) is 6.92 Å². The van der Waals surface area contributed by atoms with Crippen molar-refractivity contribution in [1.82, 2.24) is 0 Å². The fourth-order valence-electron chi connectivity index (χ4n) is 1.78. The van der Waals surface area contributed by atoms with Crippen LogP contribution >= 0.6 is 0 Å². The molecule has 0 bridgehead atoms. The normalized spacial score (nSPS) is 10.2. The van der Waals surface area contributed by atoms with Gasteiger partial charge in [0, 0.05) is 11.6 Å². The fourth-order valence-corrected chi connectivity index (χ4v) is 1.78. The molecule has 0 heterocycles. The lowest BCUT2D eigenvalue weighted by Crippen LogP contribution is -2.11. The molecule has 0 saturated carbocycles. The van der Waals surface area contributed by atoms with Gasteiger partial charge in [-0.25, -0.2) is 13.6 Å². The molecule has 0 amide bonds. The molecule has 0 aliphatic carbocycles. The maximum atomic E-state index is 13.5. The first-order chi connectivity index (χ1) is 10.4. The number of rotatable bonds is 4. The number of hydrogen-bond donors (Lipinski definition) is 0. The van der Waals surface area contributed by atoms with Crippen molar-refractivity contribution in [1.29, 1.82) is 0 Å². The summed E-state index contributed by atoms with van der Waals surface area (Å²) in [6.45, 7) is 1.38. The Hall–Kier alpha value is -2.76. The molecular formula is C16H12F2O4. The summed E-state index contributed by atoms with van der Waals surface area (Å²) >= 11 is 0. The first-order valence-corrected chi connectivity index (χ1v) is 6.28. The first kappa shape index (κ1) is 15.6. The second-order valence-corrected chi connectivity index (χ2v) is 4.44. The molecule has 2 aromatic rings. The lowest BCUT2D eigenvalue weighted by Gasteiger charge is -2.10. The lowest BCUT2D eigenvalue weighted by atomic mass is 10.1. The van der Waals surface area contributed by atoms with E-state index in [0.29, 0.717) is 11.6 Å². The minimum atomic E-state index is -1.02. The van der Waals surface area contributed by atoms with Crippen LogP contribution in [0.3, 0.4) is 0 Å². The van der Waals surface area contributed by atoms with Crippen LogP contribution in [-0.4, -0.2) is 18.9 Å². The number of methoxy groups -OCH3 is 1. The van der Waals surface area contributed by atoms with E-state index in [1.165, 1.54) is 32.2 Å². The summed E-state index contributed by atoms with van der Waals surface area (Å²) in [7, 11) is 1.34. The van der Waals surface area contributed by atoms with Crippen LogP contribution in [0.4, 0.5) is 8.78 Å². The van der Waals surface area contributed by atoms with Gasteiger partial charge in [-0.3, -0.25) is 4.79 Å². The summed E-state index contributed by atoms with van der Waals surface area (Å²) in [4.78, 5) is 23.2. The summed E-state index contributed by atoms with van der Waals surface area (Å²) in [6.07, 6.45) is 0. The van der Waals surface area contributed by atoms with Gasteiger partial charge in [0.1, 0.15) is 11.6 Å². The average Bonchev–Trinajstić information content (AvgIpc) is 2.47. The van der Waals surface area contributed by atoms with E-state index in [4.69, 9.17) is 9.47 Å². The molecule has 114 valence electrons. The van der Waals surface area contributed by atoms with E-state index < -0.39 is 23.2 Å². The Bertz CT molecular complexity index is 741. The number of ketones is 1. The maximum absolute atomic E-state index is 13.5. The molecule has 0 aromatic heterocycles. The van der Waals surface area contributed by atoms with E-state index >= 15 is 0 Å². The first-order valence-electron chi connectivity index (χ1n) is 6.28. The van der Waals surface area contributed by atoms with Gasteiger partial charge in [0.2, 0.25) is 0 Å². The molecule has 0 spiro atoms. The van der Waals surface area contributed by atoms with Crippen molar-refractivity contribution in [3.8, 4) is 11.5 Å². The number of esters is 1. The highest BCUT2D eigenvalue weighted by molar-refractivity contribution is 5.95. The zero-order valence-electron chi connectivity index (χ0n) is 11.9. The standard InChI is InChI=1S/C16H12F2O4/c1-9(19)10-3-6-14(15(7-10)21-2)22-16(20)12-5-4-11(17)8-13(12)18/h3-8H,1-2H3. The smallest absolute Gasteiger partial charge is 0.346 e. The van der Waals surface area contributed by atoms with Crippen molar-refractivity contribution in [2.75, 3.05) is 7.11 Å². The minimum Gasteiger partial charge on any atom is -0.493 e. The molecule has 0 saturated heterocycles. The summed E-state index contributed by atoms with van der Waals surface area (Å²) in [6, 6.07) is 6.77. The van der Waals surface area contributed by atoms with Gasteiger partial charge in [-0.1, -0.05) is 0 Å². The van der Waals surface area contributed by atoms with E-state index in [1.54, 1.807) is 0 Å². The Morgan fingerprint density at radius 1 is 1.00 bits per heavy atom. The molecule has 0 aliphatic rings. The molecule has 0 aliphatic heterocycles. The highest BCUT2D eigenvalue weighted by atomic mass is 19.1. The Morgan fingerprint density at radius 3 is 2.32 bits per heavy atom. The highest BCUT2D eigenvalue weighted by Gasteiger charge is 2.17. The van der Waals surface area contributed by atoms with E-state index in [-0.39, 0.29) is 17.3 Å². The monoisotopic (exact) mass is 306 g/mol. The Kier molecular flexibility index (Phi) is 4.50. The molecule has 0 fully saturated rings. The summed E-state index contributed by atoms with van der Waals surface area (Å²) in [5.41, 5.74) is -0.0243. The largest absolute Gasteiger partial charge is 0.493 e. The summed E-state index contributed by atoms with van der Waals surface area (Å²) in [5, 5.41) is 0. The molecule has 2 aromatic carbocycles. The van der Waals surface area contributed by atoms with Gasteiger partial charge in [0.05, 0.1) is 12.7 Å². The SMILES string of the molecule is COc1cc(C(C)=O)ccc1OC(=O)c1ccc(F)cc1F. The van der Waals surface area contributed by atoms with Crippen LogP contribution in [-0.2, 0) is 0 Å². The maximum Gasteiger partial charge on any atom is 0.346 e. The molecule has 0 radical (unpaired) electrons. The molecular weight excluding hydrogens is 294 g/mol. The van der Waals surface area contributed by atoms with Crippen LogP contribution in [0.2, 0.25) is 0 Å². The molecule has 6 heteroatoms. The number of carbonyl (C=O) groups is 2. The highest BCUT2D eigenvalue weighted by Crippen LogP contribution is 2.29. The number of halogens is 2. The molecule has 2 rings (SSSR count). The quantitative estimate of drug-likeness (QED) is 0.493. The summed E-state index contributed by atoms with van der Waals surface area (Å²) < 4.78 is 36.5. The lowest BCUT2D eigenvalue weighted by molar-refractivity contribution is 0.0724. The fraction of sp³-hybridized carbons (Fsp3) is 0.125. The van der Waals surface area contributed by atoms with Crippen molar-refractivity contribution in [3.63, 3.8) is 0 Å². The van der Waals surface area contributed by atoms with Crippen molar-refractivity contribution >= 4 is 11.8 Å². The average molecular weight is 306 g/mol. The Balaban J connectivity index is 2.30. The van der Waals surface area contributed by atoms with E-state index in [9.17, 15) is 18.4 Å². The zero-order chi connectivity index (χ0) is 16.3. The molecule has 0 unspecified atom stereocenters. The summed E-state index contributed by atoms with van der Waals surface area (Å²) in [5.74, 6) is -2.81. The second-order valence-electron chi connectivity index (χ2n) is 4.44. The number of benzene rings is 2. The van der Waals surface area contributed by atoms with Gasteiger partial charge in [0.15, 0.2) is 17.3 Å². The van der Waals surface area contributed by atoms with Crippen LogP contribution in [0.25, 0.3) is 0 Å². The number of carbonyl (C=O) groups excluding carboxylic acids is 2. The van der Waals surface area contributed by atoms with Crippen LogP contribution < -0.4 is 9.47 Å². The Morgan fingerprint density at radius 2 is 1.73 bits per heavy atom. The number of ether oxygens (including phenoxy) is 2. The predicted molar refractivity (Wildman–Crippen MR) is 74.3 cm³/mol. The molecule has 0 N–H and O–H groups in total. The van der Waals surface area contributed by atoms with Crippen LogP contribution in [0, 0.1) is 11.6 Å². The topological polar surface area (TPSA) is 52.6 Å². The molecule has 22 heavy (non-hydrogen) atoms. The molecule has 4 nitrogen and oxygen atoms in total. The zero-order valence-corrected chi connectivity index (χ0v) is 11.9. The Labute approximate surface area is 125 Å². The van der Waals surface area contributed by atoms with Crippen LogP contribution in [0.5, 0.6) is 11.5 Å². The van der Waals surface area contributed by atoms with Crippen LogP contribution in [0.15, 0.2) is 36.4 Å². The van der Waals surface area contributed by atoms with Gasteiger partial charge in [-0.2, -0.15) is 0 Å². The third-order valence-corrected chi connectivity index (χ3v) is 2.92. The van der Waals surface area contributed by atoms with Crippen molar-refractivity contribution in [3.05, 3.63) is 59.2 Å². The van der Waals surface area contributed by atoms with Gasteiger partial charge in [-0.05, 0) is 37.3 Å². The molecule has 0 atom stereocenters. The van der Waals surface area contributed by atoms with E-state index in [2.05, 4.69) is 0 Å². The van der Waals surface area contributed by atoms with Crippen LogP contribution in [0.1, 0.15) is 27.6 Å². The van der Waals surface area contributed by atoms with E-state index in [0.717, 1.165) is 12.1 Å². The second kappa shape index (κ2) is 6.34. The predicted octanol–water partition coefficient (Wildman–Crippen LogP) is 3.40. The number of hydrogen-bond acceptors (Lipinski definition) is 4. The van der Waals surface area contributed by atoms with Gasteiger partial charge in [0.25, 0.3) is 0 Å².